The Morgan fingerprint density at radius 3 is 2.53 bits per heavy atom. The van der Waals surface area contributed by atoms with E-state index in [-0.39, 0.29) is 0 Å². The maximum Gasteiger partial charge on any atom is 0.0721 e. The molecule has 3 heteroatoms. The van der Waals surface area contributed by atoms with Crippen molar-refractivity contribution in [3.8, 4) is 0 Å². The summed E-state index contributed by atoms with van der Waals surface area (Å²) in [7, 11) is 1.83. The molecule has 3 nitrogen and oxygen atoms in total. The van der Waals surface area contributed by atoms with Crippen LogP contribution in [0.25, 0.3) is 0 Å². The Kier molecular flexibility index (Phi) is 7.82. The van der Waals surface area contributed by atoms with Crippen molar-refractivity contribution >= 4 is 0 Å². The van der Waals surface area contributed by atoms with Gasteiger partial charge in [0.15, 0.2) is 0 Å². The minimum atomic E-state index is 0.351. The van der Waals surface area contributed by atoms with Gasteiger partial charge in [0, 0.05) is 26.4 Å². The quantitative estimate of drug-likeness (QED) is 0.711. The summed E-state index contributed by atoms with van der Waals surface area (Å²) < 4.78 is 11.0. The van der Waals surface area contributed by atoms with Crippen LogP contribution in [-0.2, 0) is 9.47 Å². The van der Waals surface area contributed by atoms with E-state index < -0.39 is 0 Å². The molecular formula is C14H29NO2. The molecule has 1 aliphatic rings. The summed E-state index contributed by atoms with van der Waals surface area (Å²) in [6, 6.07) is 0.507. The van der Waals surface area contributed by atoms with Gasteiger partial charge in [0.1, 0.15) is 0 Å². The lowest BCUT2D eigenvalue weighted by atomic mass is 9.89. The number of hydrogen-bond donors (Lipinski definition) is 1. The van der Waals surface area contributed by atoms with Gasteiger partial charge in [0.05, 0.1) is 6.10 Å². The van der Waals surface area contributed by atoms with Crippen molar-refractivity contribution in [1.82, 2.24) is 5.32 Å². The van der Waals surface area contributed by atoms with Gasteiger partial charge >= 0.3 is 0 Å². The minimum absolute atomic E-state index is 0.351. The van der Waals surface area contributed by atoms with Crippen molar-refractivity contribution < 1.29 is 9.47 Å². The van der Waals surface area contributed by atoms with E-state index in [4.69, 9.17) is 9.47 Å². The van der Waals surface area contributed by atoms with E-state index >= 15 is 0 Å². The molecular weight excluding hydrogens is 214 g/mol. The Balaban J connectivity index is 2.42. The molecule has 0 aromatic rings. The van der Waals surface area contributed by atoms with Crippen LogP contribution in [0.15, 0.2) is 0 Å². The zero-order valence-corrected chi connectivity index (χ0v) is 11.7. The van der Waals surface area contributed by atoms with E-state index in [0.717, 1.165) is 32.1 Å². The molecule has 17 heavy (non-hydrogen) atoms. The Morgan fingerprint density at radius 1 is 1.29 bits per heavy atom. The van der Waals surface area contributed by atoms with Gasteiger partial charge in [-0.1, -0.05) is 13.8 Å². The zero-order chi connectivity index (χ0) is 12.5. The van der Waals surface area contributed by atoms with Crippen LogP contribution >= 0.6 is 0 Å². The van der Waals surface area contributed by atoms with Gasteiger partial charge < -0.3 is 14.8 Å². The van der Waals surface area contributed by atoms with E-state index in [1.807, 2.05) is 7.11 Å². The molecule has 0 spiro atoms. The molecule has 0 aliphatic carbocycles. The highest BCUT2D eigenvalue weighted by Crippen LogP contribution is 2.22. The third-order valence-electron chi connectivity index (χ3n) is 3.74. The second kappa shape index (κ2) is 8.90. The van der Waals surface area contributed by atoms with Gasteiger partial charge in [-0.25, -0.2) is 0 Å². The molecule has 102 valence electrons. The fourth-order valence-corrected chi connectivity index (χ4v) is 2.65. The number of rotatable bonds is 8. The molecule has 1 rings (SSSR count). The number of ether oxygens (including phenoxy) is 2. The van der Waals surface area contributed by atoms with Crippen LogP contribution in [-0.4, -0.2) is 39.0 Å². The van der Waals surface area contributed by atoms with E-state index in [2.05, 4.69) is 19.2 Å². The molecule has 0 bridgehead atoms. The minimum Gasteiger partial charge on any atom is -0.381 e. The van der Waals surface area contributed by atoms with Crippen molar-refractivity contribution in [2.24, 2.45) is 5.92 Å². The highest BCUT2D eigenvalue weighted by atomic mass is 16.5. The number of methoxy groups -OCH3 is 1. The SMILES string of the molecule is CCCNC(CC1CCOCC1)C(CC)OC. The Hall–Kier alpha value is -0.120. The van der Waals surface area contributed by atoms with Gasteiger partial charge in [-0.3, -0.25) is 0 Å². The lowest BCUT2D eigenvalue weighted by Crippen LogP contribution is -2.43. The Labute approximate surface area is 106 Å². The van der Waals surface area contributed by atoms with Gasteiger partial charge in [0.25, 0.3) is 0 Å². The standard InChI is InChI=1S/C14H29NO2/c1-4-8-15-13(14(5-2)16-3)11-12-6-9-17-10-7-12/h12-15H,4-11H2,1-3H3. The fourth-order valence-electron chi connectivity index (χ4n) is 2.65. The van der Waals surface area contributed by atoms with Crippen molar-refractivity contribution in [3.63, 3.8) is 0 Å². The average molecular weight is 243 g/mol. The maximum atomic E-state index is 5.61. The van der Waals surface area contributed by atoms with Crippen molar-refractivity contribution in [1.29, 1.82) is 0 Å². The van der Waals surface area contributed by atoms with Crippen molar-refractivity contribution in [2.45, 2.75) is 58.1 Å². The predicted octanol–water partition coefficient (Wildman–Crippen LogP) is 2.60. The number of hydrogen-bond acceptors (Lipinski definition) is 3. The third kappa shape index (κ3) is 5.36. The van der Waals surface area contributed by atoms with Crippen LogP contribution in [0.4, 0.5) is 0 Å². The molecule has 0 aromatic carbocycles. The van der Waals surface area contributed by atoms with Gasteiger partial charge in [-0.05, 0) is 44.6 Å². The molecule has 2 atom stereocenters. The Bertz CT molecular complexity index is 177. The summed E-state index contributed by atoms with van der Waals surface area (Å²) in [6.45, 7) is 7.39. The zero-order valence-electron chi connectivity index (χ0n) is 11.7. The molecule has 0 saturated carbocycles. The van der Waals surface area contributed by atoms with Crippen LogP contribution in [0.3, 0.4) is 0 Å². The lowest BCUT2D eigenvalue weighted by Gasteiger charge is -2.31. The summed E-state index contributed by atoms with van der Waals surface area (Å²) in [5, 5.41) is 3.65. The predicted molar refractivity (Wildman–Crippen MR) is 71.3 cm³/mol. The van der Waals surface area contributed by atoms with Crippen LogP contribution in [0.1, 0.15) is 46.0 Å². The van der Waals surface area contributed by atoms with E-state index in [1.165, 1.54) is 25.7 Å². The normalized spacial score (nSPS) is 21.4. The van der Waals surface area contributed by atoms with Gasteiger partial charge in [-0.2, -0.15) is 0 Å². The third-order valence-corrected chi connectivity index (χ3v) is 3.74. The Morgan fingerprint density at radius 2 is 2.00 bits per heavy atom. The van der Waals surface area contributed by atoms with Crippen molar-refractivity contribution in [2.75, 3.05) is 26.9 Å². The van der Waals surface area contributed by atoms with E-state index in [1.54, 1.807) is 0 Å². The van der Waals surface area contributed by atoms with Gasteiger partial charge in [0.2, 0.25) is 0 Å². The lowest BCUT2D eigenvalue weighted by molar-refractivity contribution is 0.0313. The molecule has 1 heterocycles. The van der Waals surface area contributed by atoms with E-state index in [9.17, 15) is 0 Å². The molecule has 1 fully saturated rings. The molecule has 1 N–H and O–H groups in total. The summed E-state index contributed by atoms with van der Waals surface area (Å²) in [4.78, 5) is 0. The number of nitrogens with one attached hydrogen (secondary N) is 1. The summed E-state index contributed by atoms with van der Waals surface area (Å²) >= 11 is 0. The van der Waals surface area contributed by atoms with Gasteiger partial charge in [-0.15, -0.1) is 0 Å². The summed E-state index contributed by atoms with van der Waals surface area (Å²) in [5.74, 6) is 0.808. The summed E-state index contributed by atoms with van der Waals surface area (Å²) in [6.07, 6.45) is 6.28. The maximum absolute atomic E-state index is 5.61. The molecule has 1 saturated heterocycles. The topological polar surface area (TPSA) is 30.5 Å². The highest BCUT2D eigenvalue weighted by Gasteiger charge is 2.24. The smallest absolute Gasteiger partial charge is 0.0721 e. The molecule has 0 amide bonds. The largest absolute Gasteiger partial charge is 0.381 e. The van der Waals surface area contributed by atoms with Crippen molar-refractivity contribution in [3.05, 3.63) is 0 Å². The highest BCUT2D eigenvalue weighted by molar-refractivity contribution is 4.80. The first-order valence-electron chi connectivity index (χ1n) is 7.15. The molecule has 0 radical (unpaired) electrons. The van der Waals surface area contributed by atoms with Crippen LogP contribution < -0.4 is 5.32 Å². The molecule has 2 unspecified atom stereocenters. The van der Waals surface area contributed by atoms with Crippen LogP contribution in [0.5, 0.6) is 0 Å². The second-order valence-corrected chi connectivity index (χ2v) is 5.03. The van der Waals surface area contributed by atoms with E-state index in [0.29, 0.717) is 12.1 Å². The average Bonchev–Trinajstić information content (AvgIpc) is 2.38. The van der Waals surface area contributed by atoms with Crippen LogP contribution in [0.2, 0.25) is 0 Å². The second-order valence-electron chi connectivity index (χ2n) is 5.03. The molecule has 0 aromatic heterocycles. The summed E-state index contributed by atoms with van der Waals surface area (Å²) in [5.41, 5.74) is 0. The molecule has 1 aliphatic heterocycles. The first-order chi connectivity index (χ1) is 8.31. The fraction of sp³-hybridized carbons (Fsp3) is 1.00. The first kappa shape index (κ1) is 14.9. The first-order valence-corrected chi connectivity index (χ1v) is 7.15. The monoisotopic (exact) mass is 243 g/mol. The van der Waals surface area contributed by atoms with Crippen LogP contribution in [0, 0.1) is 5.92 Å².